The van der Waals surface area contributed by atoms with E-state index < -0.39 is 0 Å². The van der Waals surface area contributed by atoms with Crippen molar-refractivity contribution >= 4 is 13.5 Å². The number of hydrogen-bond acceptors (Lipinski definition) is 1. The standard InChI is InChI=1S/C18H37N.S/c1-2-3-4-5-6-7-8-9-10-11-12-13-14-15-16-17-18-19;/h9-10H,2-8,11-19H2,1H3;/b10-9-;. The van der Waals surface area contributed by atoms with E-state index in [1.165, 1.54) is 89.9 Å². The van der Waals surface area contributed by atoms with Crippen LogP contribution >= 0.6 is 13.5 Å². The summed E-state index contributed by atoms with van der Waals surface area (Å²) in [5.41, 5.74) is 5.47. The predicted octanol–water partition coefficient (Wildman–Crippen LogP) is 6.63. The van der Waals surface area contributed by atoms with Crippen molar-refractivity contribution in [3.63, 3.8) is 0 Å². The SMILES string of the molecule is CCCCCCCC/C=C\CCCCCCCCN.[S]. The lowest BCUT2D eigenvalue weighted by Gasteiger charge is -1.99. The van der Waals surface area contributed by atoms with Crippen molar-refractivity contribution < 1.29 is 0 Å². The largest absolute Gasteiger partial charge is 0.330 e. The number of rotatable bonds is 15. The van der Waals surface area contributed by atoms with Crippen molar-refractivity contribution in [2.75, 3.05) is 6.54 Å². The van der Waals surface area contributed by atoms with Crippen LogP contribution in [0.15, 0.2) is 12.2 Å². The van der Waals surface area contributed by atoms with E-state index in [0.717, 1.165) is 6.54 Å². The average Bonchev–Trinajstić information content (AvgIpc) is 2.43. The zero-order valence-electron chi connectivity index (χ0n) is 13.7. The lowest BCUT2D eigenvalue weighted by atomic mass is 10.1. The lowest BCUT2D eigenvalue weighted by Crippen LogP contribution is -1.97. The molecule has 0 fully saturated rings. The predicted molar refractivity (Wildman–Crippen MR) is 96.1 cm³/mol. The van der Waals surface area contributed by atoms with Gasteiger partial charge in [-0.05, 0) is 38.6 Å². The third kappa shape index (κ3) is 20.4. The number of nitrogens with two attached hydrogens (primary N) is 1. The normalized spacial score (nSPS) is 10.9. The van der Waals surface area contributed by atoms with Crippen molar-refractivity contribution in [3.8, 4) is 0 Å². The van der Waals surface area contributed by atoms with Crippen LogP contribution in [0.4, 0.5) is 0 Å². The summed E-state index contributed by atoms with van der Waals surface area (Å²) < 4.78 is 0. The quantitative estimate of drug-likeness (QED) is 0.266. The van der Waals surface area contributed by atoms with Crippen LogP contribution in [-0.4, -0.2) is 6.54 Å². The van der Waals surface area contributed by atoms with Gasteiger partial charge in [-0.2, -0.15) is 0 Å². The Labute approximate surface area is 135 Å². The van der Waals surface area contributed by atoms with Gasteiger partial charge < -0.3 is 5.73 Å². The molecule has 0 aliphatic rings. The van der Waals surface area contributed by atoms with Gasteiger partial charge in [0.25, 0.3) is 0 Å². The van der Waals surface area contributed by atoms with Gasteiger partial charge in [-0.25, -0.2) is 0 Å². The van der Waals surface area contributed by atoms with Gasteiger partial charge in [0.1, 0.15) is 0 Å². The van der Waals surface area contributed by atoms with Gasteiger partial charge in [0.2, 0.25) is 0 Å². The molecule has 0 saturated heterocycles. The highest BCUT2D eigenvalue weighted by Gasteiger charge is 1.90. The molecule has 0 aromatic heterocycles. The Hall–Kier alpha value is 0.0500. The Balaban J connectivity index is 0. The van der Waals surface area contributed by atoms with Gasteiger partial charge in [0.05, 0.1) is 0 Å². The molecule has 1 nitrogen and oxygen atoms in total. The summed E-state index contributed by atoms with van der Waals surface area (Å²) in [5.74, 6) is 0. The van der Waals surface area contributed by atoms with Crippen LogP contribution in [0.1, 0.15) is 96.8 Å². The molecule has 0 rings (SSSR count). The summed E-state index contributed by atoms with van der Waals surface area (Å²) in [4.78, 5) is 0. The van der Waals surface area contributed by atoms with E-state index in [0.29, 0.717) is 0 Å². The lowest BCUT2D eigenvalue weighted by molar-refractivity contribution is 0.599. The molecule has 2 N–H and O–H groups in total. The molecule has 0 heterocycles. The fraction of sp³-hybridized carbons (Fsp3) is 0.889. The Kier molecular flexibility index (Phi) is 23.8. The maximum atomic E-state index is 5.47. The number of allylic oxidation sites excluding steroid dienone is 2. The van der Waals surface area contributed by atoms with E-state index in [1.54, 1.807) is 0 Å². The van der Waals surface area contributed by atoms with Gasteiger partial charge in [-0.1, -0.05) is 76.9 Å². The van der Waals surface area contributed by atoms with Crippen molar-refractivity contribution in [2.24, 2.45) is 5.73 Å². The van der Waals surface area contributed by atoms with E-state index in [2.05, 4.69) is 19.1 Å². The van der Waals surface area contributed by atoms with E-state index in [1.807, 2.05) is 0 Å². The van der Waals surface area contributed by atoms with Crippen LogP contribution < -0.4 is 5.73 Å². The fourth-order valence-corrected chi connectivity index (χ4v) is 2.39. The van der Waals surface area contributed by atoms with Crippen molar-refractivity contribution in [1.82, 2.24) is 0 Å². The van der Waals surface area contributed by atoms with Crippen LogP contribution in [0.2, 0.25) is 0 Å². The van der Waals surface area contributed by atoms with Crippen LogP contribution in [0.5, 0.6) is 0 Å². The van der Waals surface area contributed by atoms with E-state index in [9.17, 15) is 0 Å². The molecule has 2 radical (unpaired) electrons. The number of unbranched alkanes of at least 4 members (excludes halogenated alkanes) is 12. The Morgan fingerprint density at radius 2 is 1.00 bits per heavy atom. The van der Waals surface area contributed by atoms with Gasteiger partial charge in [0.15, 0.2) is 0 Å². The zero-order valence-corrected chi connectivity index (χ0v) is 14.6. The molecule has 0 aromatic rings. The summed E-state index contributed by atoms with van der Waals surface area (Å²) >= 11 is 0. The molecule has 20 heavy (non-hydrogen) atoms. The molecule has 0 atom stereocenters. The molecule has 0 amide bonds. The minimum Gasteiger partial charge on any atom is -0.330 e. The third-order valence-electron chi connectivity index (χ3n) is 3.72. The monoisotopic (exact) mass is 299 g/mol. The smallest absolute Gasteiger partial charge is 0 e. The molecule has 0 aliphatic carbocycles. The molecule has 0 spiro atoms. The summed E-state index contributed by atoms with van der Waals surface area (Å²) in [7, 11) is 0. The molecule has 0 unspecified atom stereocenters. The summed E-state index contributed by atoms with van der Waals surface area (Å²) in [6.45, 7) is 3.14. The highest BCUT2D eigenvalue weighted by Crippen LogP contribution is 2.09. The van der Waals surface area contributed by atoms with Crippen LogP contribution in [-0.2, 0) is 0 Å². The second kappa shape index (κ2) is 21.4. The van der Waals surface area contributed by atoms with Gasteiger partial charge in [-0.15, -0.1) is 0 Å². The highest BCUT2D eigenvalue weighted by atomic mass is 32.1. The zero-order chi connectivity index (χ0) is 14.0. The summed E-state index contributed by atoms with van der Waals surface area (Å²) in [5, 5.41) is 0. The second-order valence-corrected chi connectivity index (χ2v) is 5.73. The van der Waals surface area contributed by atoms with E-state index >= 15 is 0 Å². The van der Waals surface area contributed by atoms with Crippen molar-refractivity contribution in [3.05, 3.63) is 12.2 Å². The van der Waals surface area contributed by atoms with Gasteiger partial charge in [-0.3, -0.25) is 0 Å². The first-order chi connectivity index (χ1) is 9.41. The van der Waals surface area contributed by atoms with Crippen molar-refractivity contribution in [1.29, 1.82) is 0 Å². The molecule has 0 aliphatic heterocycles. The second-order valence-electron chi connectivity index (χ2n) is 5.73. The summed E-state index contributed by atoms with van der Waals surface area (Å²) in [6, 6.07) is 0. The number of hydrogen-bond donors (Lipinski definition) is 1. The first-order valence-electron chi connectivity index (χ1n) is 8.77. The van der Waals surface area contributed by atoms with Gasteiger partial charge in [0, 0.05) is 13.5 Å². The van der Waals surface area contributed by atoms with E-state index in [4.69, 9.17) is 5.73 Å². The maximum absolute atomic E-state index is 5.47. The fourth-order valence-electron chi connectivity index (χ4n) is 2.39. The minimum absolute atomic E-state index is 0. The molecule has 2 heteroatoms. The topological polar surface area (TPSA) is 26.0 Å². The minimum atomic E-state index is 0. The van der Waals surface area contributed by atoms with E-state index in [-0.39, 0.29) is 13.5 Å². The van der Waals surface area contributed by atoms with Crippen LogP contribution in [0.25, 0.3) is 0 Å². The molecule has 0 bridgehead atoms. The van der Waals surface area contributed by atoms with Crippen LogP contribution in [0, 0.1) is 0 Å². The van der Waals surface area contributed by atoms with Crippen molar-refractivity contribution in [2.45, 2.75) is 96.8 Å². The molecule has 0 saturated carbocycles. The Bertz CT molecular complexity index is 180. The molecular weight excluding hydrogens is 262 g/mol. The average molecular weight is 300 g/mol. The summed E-state index contributed by atoms with van der Waals surface area (Å²) in [6.07, 6.45) is 23.9. The first-order valence-corrected chi connectivity index (χ1v) is 8.77. The van der Waals surface area contributed by atoms with Gasteiger partial charge >= 0.3 is 0 Å². The van der Waals surface area contributed by atoms with Crippen LogP contribution in [0.3, 0.4) is 0 Å². The maximum Gasteiger partial charge on any atom is 0 e. The molecular formula is C18H37NS. The highest BCUT2D eigenvalue weighted by molar-refractivity contribution is 7.59. The molecule has 120 valence electrons. The Morgan fingerprint density at radius 3 is 1.45 bits per heavy atom. The Morgan fingerprint density at radius 1 is 0.600 bits per heavy atom. The first kappa shape index (κ1) is 22.3. The molecule has 0 aromatic carbocycles. The third-order valence-corrected chi connectivity index (χ3v) is 3.72.